The molecule has 2 heteroatoms. The van der Waals surface area contributed by atoms with Gasteiger partial charge in [0.15, 0.2) is 0 Å². The van der Waals surface area contributed by atoms with E-state index in [1.807, 2.05) is 0 Å². The fourth-order valence-corrected chi connectivity index (χ4v) is 2.17. The highest BCUT2D eigenvalue weighted by Crippen LogP contribution is 2.16. The van der Waals surface area contributed by atoms with Crippen molar-refractivity contribution in [1.29, 1.82) is 0 Å². The van der Waals surface area contributed by atoms with E-state index >= 15 is 0 Å². The van der Waals surface area contributed by atoms with Gasteiger partial charge in [-0.1, -0.05) is 46.5 Å². The lowest BCUT2D eigenvalue weighted by atomic mass is 10.0. The van der Waals surface area contributed by atoms with Crippen LogP contribution in [0.25, 0.3) is 0 Å². The van der Waals surface area contributed by atoms with Crippen molar-refractivity contribution in [3.63, 3.8) is 0 Å². The van der Waals surface area contributed by atoms with Crippen molar-refractivity contribution in [1.82, 2.24) is 5.01 Å². The highest BCUT2D eigenvalue weighted by molar-refractivity contribution is 5.87. The van der Waals surface area contributed by atoms with Crippen LogP contribution >= 0.6 is 0 Å². The van der Waals surface area contributed by atoms with Crippen LogP contribution in [-0.2, 0) is 0 Å². The van der Waals surface area contributed by atoms with Gasteiger partial charge in [0.2, 0.25) is 0 Å². The molecule has 0 bridgehead atoms. The molecular weight excluding hydrogens is 196 g/mol. The summed E-state index contributed by atoms with van der Waals surface area (Å²) >= 11 is 0. The first-order valence-electron chi connectivity index (χ1n) is 7.10. The van der Waals surface area contributed by atoms with E-state index in [9.17, 15) is 0 Å². The van der Waals surface area contributed by atoms with Crippen LogP contribution in [0, 0.1) is 5.92 Å². The molecule has 0 aliphatic carbocycles. The molecule has 1 unspecified atom stereocenters. The third kappa shape index (κ3) is 4.54. The van der Waals surface area contributed by atoms with Crippen molar-refractivity contribution in [2.75, 3.05) is 13.1 Å². The SMILES string of the molecule is CCCCCCCN1CCC(C(C)CC)=N1. The molecule has 1 aliphatic heterocycles. The van der Waals surface area contributed by atoms with Gasteiger partial charge < -0.3 is 0 Å². The minimum absolute atomic E-state index is 0.685. The molecule has 16 heavy (non-hydrogen) atoms. The zero-order chi connectivity index (χ0) is 11.8. The van der Waals surface area contributed by atoms with Crippen LogP contribution < -0.4 is 0 Å². The Kier molecular flexibility index (Phi) is 6.51. The second-order valence-electron chi connectivity index (χ2n) is 5.02. The minimum Gasteiger partial charge on any atom is -0.297 e. The van der Waals surface area contributed by atoms with E-state index in [0.717, 1.165) is 6.54 Å². The van der Waals surface area contributed by atoms with Crippen LogP contribution in [0.15, 0.2) is 5.10 Å². The molecule has 0 N–H and O–H groups in total. The van der Waals surface area contributed by atoms with Crippen molar-refractivity contribution in [2.45, 2.75) is 65.7 Å². The Bertz CT molecular complexity index is 211. The largest absolute Gasteiger partial charge is 0.297 e. The maximum atomic E-state index is 4.73. The molecule has 1 rings (SSSR count). The van der Waals surface area contributed by atoms with Gasteiger partial charge in [0, 0.05) is 25.2 Å². The first-order valence-corrected chi connectivity index (χ1v) is 7.10. The number of hydrazone groups is 1. The molecule has 1 aliphatic rings. The number of hydrogen-bond donors (Lipinski definition) is 0. The quantitative estimate of drug-likeness (QED) is 0.568. The van der Waals surface area contributed by atoms with Gasteiger partial charge in [-0.05, 0) is 18.8 Å². The van der Waals surface area contributed by atoms with Crippen LogP contribution in [0.4, 0.5) is 0 Å². The van der Waals surface area contributed by atoms with Crippen molar-refractivity contribution in [3.8, 4) is 0 Å². The van der Waals surface area contributed by atoms with Gasteiger partial charge in [-0.15, -0.1) is 0 Å². The standard InChI is InChI=1S/C14H28N2/c1-4-6-7-8-9-11-16-12-10-14(15-16)13(3)5-2/h13H,4-12H2,1-3H3. The van der Waals surface area contributed by atoms with Crippen LogP contribution in [-0.4, -0.2) is 23.8 Å². The number of hydrogen-bond acceptors (Lipinski definition) is 2. The van der Waals surface area contributed by atoms with Crippen molar-refractivity contribution in [3.05, 3.63) is 0 Å². The van der Waals surface area contributed by atoms with E-state index < -0.39 is 0 Å². The normalized spacial score (nSPS) is 17.7. The molecule has 0 amide bonds. The summed E-state index contributed by atoms with van der Waals surface area (Å²) in [5.74, 6) is 0.685. The lowest BCUT2D eigenvalue weighted by Gasteiger charge is -2.13. The number of nitrogens with zero attached hydrogens (tertiary/aromatic N) is 2. The Hall–Kier alpha value is -0.530. The third-order valence-corrected chi connectivity index (χ3v) is 3.60. The van der Waals surface area contributed by atoms with Gasteiger partial charge in [-0.3, -0.25) is 5.01 Å². The van der Waals surface area contributed by atoms with E-state index in [-0.39, 0.29) is 0 Å². The number of unbranched alkanes of at least 4 members (excludes halogenated alkanes) is 4. The maximum Gasteiger partial charge on any atom is 0.0427 e. The Morgan fingerprint density at radius 2 is 1.94 bits per heavy atom. The molecule has 94 valence electrons. The second kappa shape index (κ2) is 7.70. The fourth-order valence-electron chi connectivity index (χ4n) is 2.17. The van der Waals surface area contributed by atoms with Crippen LogP contribution in [0.5, 0.6) is 0 Å². The van der Waals surface area contributed by atoms with Crippen molar-refractivity contribution in [2.24, 2.45) is 11.0 Å². The summed E-state index contributed by atoms with van der Waals surface area (Å²) in [5.41, 5.74) is 1.43. The average Bonchev–Trinajstić information content (AvgIpc) is 2.76. The summed E-state index contributed by atoms with van der Waals surface area (Å²) < 4.78 is 0. The summed E-state index contributed by atoms with van der Waals surface area (Å²) in [6, 6.07) is 0. The zero-order valence-corrected chi connectivity index (χ0v) is 11.3. The first-order chi connectivity index (χ1) is 7.77. The topological polar surface area (TPSA) is 15.6 Å². The van der Waals surface area contributed by atoms with E-state index in [2.05, 4.69) is 25.8 Å². The Morgan fingerprint density at radius 1 is 1.19 bits per heavy atom. The lowest BCUT2D eigenvalue weighted by Crippen LogP contribution is -2.15. The summed E-state index contributed by atoms with van der Waals surface area (Å²) in [5, 5.41) is 7.01. The molecule has 2 nitrogen and oxygen atoms in total. The summed E-state index contributed by atoms with van der Waals surface area (Å²) in [6.07, 6.45) is 9.23. The molecule has 0 aromatic carbocycles. The van der Waals surface area contributed by atoms with E-state index in [1.165, 1.54) is 57.2 Å². The molecule has 0 spiro atoms. The highest BCUT2D eigenvalue weighted by atomic mass is 15.5. The van der Waals surface area contributed by atoms with Crippen molar-refractivity contribution < 1.29 is 0 Å². The Morgan fingerprint density at radius 3 is 2.62 bits per heavy atom. The van der Waals surface area contributed by atoms with Gasteiger partial charge in [-0.2, -0.15) is 5.10 Å². The summed E-state index contributed by atoms with van der Waals surface area (Å²) in [6.45, 7) is 9.14. The molecule has 0 saturated heterocycles. The number of rotatable bonds is 8. The van der Waals surface area contributed by atoms with E-state index in [1.54, 1.807) is 0 Å². The van der Waals surface area contributed by atoms with Gasteiger partial charge in [-0.25, -0.2) is 0 Å². The lowest BCUT2D eigenvalue weighted by molar-refractivity contribution is 0.308. The van der Waals surface area contributed by atoms with E-state index in [0.29, 0.717) is 5.92 Å². The van der Waals surface area contributed by atoms with Gasteiger partial charge in [0.25, 0.3) is 0 Å². The second-order valence-corrected chi connectivity index (χ2v) is 5.02. The van der Waals surface area contributed by atoms with Gasteiger partial charge >= 0.3 is 0 Å². The monoisotopic (exact) mass is 224 g/mol. The third-order valence-electron chi connectivity index (χ3n) is 3.60. The molecule has 1 heterocycles. The maximum absolute atomic E-state index is 4.73. The summed E-state index contributed by atoms with van der Waals surface area (Å²) in [4.78, 5) is 0. The molecular formula is C14H28N2. The average molecular weight is 224 g/mol. The minimum atomic E-state index is 0.685. The van der Waals surface area contributed by atoms with Crippen LogP contribution in [0.3, 0.4) is 0 Å². The predicted octanol–water partition coefficient (Wildman–Crippen LogP) is 4.06. The molecule has 0 saturated carbocycles. The molecule has 0 radical (unpaired) electrons. The smallest absolute Gasteiger partial charge is 0.0427 e. The summed E-state index contributed by atoms with van der Waals surface area (Å²) in [7, 11) is 0. The first kappa shape index (κ1) is 13.5. The van der Waals surface area contributed by atoms with Gasteiger partial charge in [0.05, 0.1) is 0 Å². The highest BCUT2D eigenvalue weighted by Gasteiger charge is 2.17. The van der Waals surface area contributed by atoms with Crippen molar-refractivity contribution >= 4 is 5.71 Å². The predicted molar refractivity (Wildman–Crippen MR) is 71.8 cm³/mol. The molecule has 0 aromatic rings. The van der Waals surface area contributed by atoms with Crippen LogP contribution in [0.2, 0.25) is 0 Å². The Balaban J connectivity index is 2.13. The zero-order valence-electron chi connectivity index (χ0n) is 11.3. The fraction of sp³-hybridized carbons (Fsp3) is 0.929. The molecule has 1 atom stereocenters. The van der Waals surface area contributed by atoms with Gasteiger partial charge in [0.1, 0.15) is 0 Å². The Labute approximate surface area is 101 Å². The van der Waals surface area contributed by atoms with E-state index in [4.69, 9.17) is 5.10 Å². The molecule has 0 aromatic heterocycles. The van der Waals surface area contributed by atoms with Crippen LogP contribution in [0.1, 0.15) is 65.7 Å². The molecule has 0 fully saturated rings.